The van der Waals surface area contributed by atoms with Crippen LogP contribution in [0.25, 0.3) is 0 Å². The summed E-state index contributed by atoms with van der Waals surface area (Å²) < 4.78 is 5.80. The fourth-order valence-corrected chi connectivity index (χ4v) is 3.58. The van der Waals surface area contributed by atoms with Crippen molar-refractivity contribution >= 4 is 29.9 Å². The van der Waals surface area contributed by atoms with E-state index in [1.807, 2.05) is 23.1 Å². The monoisotopic (exact) mass is 372 g/mol. The molecule has 0 aromatic heterocycles. The van der Waals surface area contributed by atoms with Gasteiger partial charge in [-0.05, 0) is 55.8 Å². The maximum atomic E-state index is 12.6. The number of ether oxygens (including phenoxy) is 1. The van der Waals surface area contributed by atoms with Crippen molar-refractivity contribution < 1.29 is 9.53 Å². The number of piperidine rings is 1. The van der Waals surface area contributed by atoms with Crippen molar-refractivity contribution in [3.63, 3.8) is 0 Å². The van der Waals surface area contributed by atoms with E-state index in [1.165, 1.54) is 5.56 Å². The summed E-state index contributed by atoms with van der Waals surface area (Å²) >= 11 is 6.04. The van der Waals surface area contributed by atoms with Crippen LogP contribution in [0, 0.1) is 5.92 Å². The van der Waals surface area contributed by atoms with Crippen LogP contribution < -0.4 is 5.73 Å². The largest absolute Gasteiger partial charge is 0.378 e. The third-order valence-electron chi connectivity index (χ3n) is 4.84. The lowest BCUT2D eigenvalue weighted by atomic mass is 10.1. The third kappa shape index (κ3) is 4.85. The second-order valence-corrected chi connectivity index (χ2v) is 6.98. The Morgan fingerprint density at radius 2 is 2.08 bits per heavy atom. The fraction of sp³-hybridized carbons (Fsp3) is 0.611. The molecule has 24 heavy (non-hydrogen) atoms. The van der Waals surface area contributed by atoms with Crippen molar-refractivity contribution in [2.45, 2.75) is 37.7 Å². The molecule has 6 heteroatoms. The molecule has 1 saturated heterocycles. The lowest BCUT2D eigenvalue weighted by molar-refractivity contribution is -0.135. The number of rotatable bonds is 6. The summed E-state index contributed by atoms with van der Waals surface area (Å²) in [6, 6.07) is 7.89. The molecule has 2 fully saturated rings. The van der Waals surface area contributed by atoms with Gasteiger partial charge in [-0.3, -0.25) is 4.79 Å². The zero-order valence-electron chi connectivity index (χ0n) is 13.8. The summed E-state index contributed by atoms with van der Waals surface area (Å²) in [6.45, 7) is 3.02. The molecule has 0 bridgehead atoms. The SMILES string of the molecule is Cl.NCCCOC1CCN(C(=O)C2CC2c2cccc(Cl)c2)CC1. The molecule has 2 unspecified atom stereocenters. The Kier molecular flexibility index (Phi) is 7.35. The van der Waals surface area contributed by atoms with Gasteiger partial charge in [-0.2, -0.15) is 0 Å². The van der Waals surface area contributed by atoms with E-state index in [4.69, 9.17) is 22.1 Å². The highest BCUT2D eigenvalue weighted by Crippen LogP contribution is 2.49. The van der Waals surface area contributed by atoms with Crippen LogP contribution in [-0.2, 0) is 9.53 Å². The first kappa shape index (κ1) is 19.5. The van der Waals surface area contributed by atoms with E-state index in [9.17, 15) is 4.79 Å². The first-order valence-electron chi connectivity index (χ1n) is 8.55. The molecule has 1 heterocycles. The maximum absolute atomic E-state index is 12.6. The lowest BCUT2D eigenvalue weighted by Crippen LogP contribution is -2.42. The van der Waals surface area contributed by atoms with Crippen LogP contribution >= 0.6 is 24.0 Å². The summed E-state index contributed by atoms with van der Waals surface area (Å²) in [5.74, 6) is 0.790. The lowest BCUT2D eigenvalue weighted by Gasteiger charge is -2.32. The summed E-state index contributed by atoms with van der Waals surface area (Å²) in [6.07, 6.45) is 4.01. The molecule has 2 aliphatic rings. The average Bonchev–Trinajstić information content (AvgIpc) is 3.36. The quantitative estimate of drug-likeness (QED) is 0.779. The molecule has 0 spiro atoms. The Morgan fingerprint density at radius 3 is 2.75 bits per heavy atom. The minimum absolute atomic E-state index is 0. The van der Waals surface area contributed by atoms with Crippen LogP contribution in [0.15, 0.2) is 24.3 Å². The molecular weight excluding hydrogens is 347 g/mol. The van der Waals surface area contributed by atoms with E-state index in [1.54, 1.807) is 0 Å². The predicted octanol–water partition coefficient (Wildman–Crippen LogP) is 3.22. The zero-order chi connectivity index (χ0) is 16.2. The molecule has 3 rings (SSSR count). The highest BCUT2D eigenvalue weighted by molar-refractivity contribution is 6.30. The van der Waals surface area contributed by atoms with Crippen LogP contribution in [0.3, 0.4) is 0 Å². The molecule has 134 valence electrons. The van der Waals surface area contributed by atoms with Crippen molar-refractivity contribution in [1.82, 2.24) is 4.90 Å². The molecule has 1 aromatic rings. The molecule has 2 N–H and O–H groups in total. The number of benzene rings is 1. The number of nitrogens with zero attached hydrogens (tertiary/aromatic N) is 1. The van der Waals surface area contributed by atoms with E-state index >= 15 is 0 Å². The van der Waals surface area contributed by atoms with Gasteiger partial charge in [0.25, 0.3) is 0 Å². The van der Waals surface area contributed by atoms with E-state index in [0.717, 1.165) is 50.4 Å². The number of hydrogen-bond donors (Lipinski definition) is 1. The second kappa shape index (κ2) is 9.04. The molecule has 1 amide bonds. The Hall–Kier alpha value is -0.810. The Bertz CT molecular complexity index is 548. The van der Waals surface area contributed by atoms with Crippen LogP contribution in [0.4, 0.5) is 0 Å². The molecule has 2 atom stereocenters. The van der Waals surface area contributed by atoms with E-state index in [-0.39, 0.29) is 24.4 Å². The van der Waals surface area contributed by atoms with Crippen LogP contribution in [0.1, 0.15) is 37.2 Å². The number of hydrogen-bond acceptors (Lipinski definition) is 3. The normalized spacial score (nSPS) is 23.7. The number of nitrogens with two attached hydrogens (primary N) is 1. The van der Waals surface area contributed by atoms with Crippen LogP contribution in [-0.4, -0.2) is 43.2 Å². The molecule has 1 aliphatic heterocycles. The third-order valence-corrected chi connectivity index (χ3v) is 5.08. The van der Waals surface area contributed by atoms with Gasteiger partial charge in [-0.1, -0.05) is 23.7 Å². The van der Waals surface area contributed by atoms with Gasteiger partial charge in [-0.15, -0.1) is 12.4 Å². The van der Waals surface area contributed by atoms with Gasteiger partial charge in [0.05, 0.1) is 6.10 Å². The van der Waals surface area contributed by atoms with Crippen molar-refractivity contribution in [2.24, 2.45) is 11.7 Å². The number of carbonyl (C=O) groups is 1. The second-order valence-electron chi connectivity index (χ2n) is 6.54. The first-order valence-corrected chi connectivity index (χ1v) is 8.92. The first-order chi connectivity index (χ1) is 11.2. The predicted molar refractivity (Wildman–Crippen MR) is 98.8 cm³/mol. The summed E-state index contributed by atoms with van der Waals surface area (Å²) in [7, 11) is 0. The zero-order valence-corrected chi connectivity index (χ0v) is 15.4. The van der Waals surface area contributed by atoms with E-state index in [2.05, 4.69) is 6.07 Å². The van der Waals surface area contributed by atoms with Gasteiger partial charge in [0.15, 0.2) is 0 Å². The van der Waals surface area contributed by atoms with Crippen LogP contribution in [0.5, 0.6) is 0 Å². The fourth-order valence-electron chi connectivity index (χ4n) is 3.38. The molecule has 1 aromatic carbocycles. The van der Waals surface area contributed by atoms with Crippen LogP contribution in [0.2, 0.25) is 5.02 Å². The minimum Gasteiger partial charge on any atom is -0.378 e. The van der Waals surface area contributed by atoms with Gasteiger partial charge >= 0.3 is 0 Å². The van der Waals surface area contributed by atoms with Crippen molar-refractivity contribution in [3.05, 3.63) is 34.9 Å². The topological polar surface area (TPSA) is 55.6 Å². The molecule has 1 saturated carbocycles. The van der Waals surface area contributed by atoms with Crippen molar-refractivity contribution in [2.75, 3.05) is 26.2 Å². The highest BCUT2D eigenvalue weighted by Gasteiger charge is 2.46. The summed E-state index contributed by atoms with van der Waals surface area (Å²) in [5.41, 5.74) is 6.67. The van der Waals surface area contributed by atoms with E-state index in [0.29, 0.717) is 18.4 Å². The number of carbonyl (C=O) groups excluding carboxylic acids is 1. The standard InChI is InChI=1S/C18H25ClN2O2.ClH/c19-14-4-1-3-13(11-14)16-12-17(16)18(22)21-8-5-15(6-9-21)23-10-2-7-20;/h1,3-4,11,15-17H,2,5-10,12,20H2;1H. The van der Waals surface area contributed by atoms with Gasteiger partial charge in [0.2, 0.25) is 5.91 Å². The molecule has 0 radical (unpaired) electrons. The van der Waals surface area contributed by atoms with Gasteiger partial charge in [-0.25, -0.2) is 0 Å². The summed E-state index contributed by atoms with van der Waals surface area (Å²) in [4.78, 5) is 14.6. The Morgan fingerprint density at radius 1 is 1.33 bits per heavy atom. The smallest absolute Gasteiger partial charge is 0.226 e. The van der Waals surface area contributed by atoms with E-state index < -0.39 is 0 Å². The van der Waals surface area contributed by atoms with Crippen molar-refractivity contribution in [3.8, 4) is 0 Å². The Balaban J connectivity index is 0.00000208. The van der Waals surface area contributed by atoms with Gasteiger partial charge < -0.3 is 15.4 Å². The molecule has 1 aliphatic carbocycles. The number of amides is 1. The average molecular weight is 373 g/mol. The highest BCUT2D eigenvalue weighted by atomic mass is 35.5. The Labute approximate surface area is 155 Å². The van der Waals surface area contributed by atoms with Gasteiger partial charge in [0.1, 0.15) is 0 Å². The molecule has 4 nitrogen and oxygen atoms in total. The maximum Gasteiger partial charge on any atom is 0.226 e. The van der Waals surface area contributed by atoms with Gasteiger partial charge in [0, 0.05) is 30.6 Å². The number of halogens is 2. The van der Waals surface area contributed by atoms with Crippen molar-refractivity contribution in [1.29, 1.82) is 0 Å². The number of likely N-dealkylation sites (tertiary alicyclic amines) is 1. The summed E-state index contributed by atoms with van der Waals surface area (Å²) in [5, 5.41) is 0.746. The molecular formula is C18H26Cl2N2O2. The minimum atomic E-state index is 0.